The van der Waals surface area contributed by atoms with Gasteiger partial charge < -0.3 is 5.11 Å². The third kappa shape index (κ3) is 3.60. The number of hydrogen-bond donors (Lipinski definition) is 1. The summed E-state index contributed by atoms with van der Waals surface area (Å²) < 4.78 is 24.0. The molecule has 1 aliphatic carbocycles. The molecule has 20 heavy (non-hydrogen) atoms. The lowest BCUT2D eigenvalue weighted by Crippen LogP contribution is -2.06. The van der Waals surface area contributed by atoms with Gasteiger partial charge in [-0.15, -0.1) is 0 Å². The fourth-order valence-electron chi connectivity index (χ4n) is 2.50. The summed E-state index contributed by atoms with van der Waals surface area (Å²) >= 11 is 0. The number of carbonyl (C=O) groups is 1. The van der Waals surface area contributed by atoms with Gasteiger partial charge in [0, 0.05) is 0 Å². The van der Waals surface area contributed by atoms with Crippen LogP contribution in [-0.2, 0) is 21.1 Å². The Balaban J connectivity index is 1.99. The maximum atomic E-state index is 12.0. The SMILES string of the molecule is CCCS(=O)(=O)c1cccc(CCC2CC2C(=O)O)c1. The van der Waals surface area contributed by atoms with Crippen molar-refractivity contribution in [2.24, 2.45) is 11.8 Å². The first-order chi connectivity index (χ1) is 9.44. The van der Waals surface area contributed by atoms with Crippen LogP contribution in [-0.4, -0.2) is 25.2 Å². The third-order valence-electron chi connectivity index (χ3n) is 3.77. The van der Waals surface area contributed by atoms with E-state index < -0.39 is 15.8 Å². The van der Waals surface area contributed by atoms with E-state index >= 15 is 0 Å². The van der Waals surface area contributed by atoms with Crippen LogP contribution in [0.5, 0.6) is 0 Å². The Kier molecular flexibility index (Phi) is 4.48. The molecule has 1 aromatic carbocycles. The summed E-state index contributed by atoms with van der Waals surface area (Å²) in [6.07, 6.45) is 2.91. The fraction of sp³-hybridized carbons (Fsp3) is 0.533. The third-order valence-corrected chi connectivity index (χ3v) is 5.69. The summed E-state index contributed by atoms with van der Waals surface area (Å²) in [6.45, 7) is 1.85. The van der Waals surface area contributed by atoms with E-state index in [0.717, 1.165) is 24.8 Å². The Bertz CT molecular complexity index is 592. The van der Waals surface area contributed by atoms with Crippen LogP contribution < -0.4 is 0 Å². The molecule has 0 heterocycles. The molecule has 5 heteroatoms. The second-order valence-corrected chi connectivity index (χ2v) is 7.55. The zero-order valence-electron chi connectivity index (χ0n) is 11.6. The second-order valence-electron chi connectivity index (χ2n) is 5.45. The predicted molar refractivity (Wildman–Crippen MR) is 76.3 cm³/mol. The first-order valence-electron chi connectivity index (χ1n) is 6.98. The minimum Gasteiger partial charge on any atom is -0.481 e. The quantitative estimate of drug-likeness (QED) is 0.839. The van der Waals surface area contributed by atoms with Crippen LogP contribution in [0.3, 0.4) is 0 Å². The van der Waals surface area contributed by atoms with Gasteiger partial charge in [0.15, 0.2) is 9.84 Å². The number of carboxylic acids is 1. The van der Waals surface area contributed by atoms with E-state index in [4.69, 9.17) is 5.11 Å². The topological polar surface area (TPSA) is 71.4 Å². The van der Waals surface area contributed by atoms with Crippen LogP contribution in [0, 0.1) is 11.8 Å². The summed E-state index contributed by atoms with van der Waals surface area (Å²) in [4.78, 5) is 11.1. The van der Waals surface area contributed by atoms with E-state index in [1.807, 2.05) is 13.0 Å². The first kappa shape index (κ1) is 15.0. The van der Waals surface area contributed by atoms with Crippen molar-refractivity contribution in [1.29, 1.82) is 0 Å². The molecule has 2 rings (SSSR count). The molecule has 1 aliphatic rings. The smallest absolute Gasteiger partial charge is 0.306 e. The van der Waals surface area contributed by atoms with Crippen molar-refractivity contribution >= 4 is 15.8 Å². The van der Waals surface area contributed by atoms with Crippen molar-refractivity contribution in [1.82, 2.24) is 0 Å². The highest BCUT2D eigenvalue weighted by Gasteiger charge is 2.42. The minimum absolute atomic E-state index is 0.167. The van der Waals surface area contributed by atoms with Crippen molar-refractivity contribution in [3.63, 3.8) is 0 Å². The Labute approximate surface area is 119 Å². The van der Waals surface area contributed by atoms with Crippen LogP contribution >= 0.6 is 0 Å². The molecule has 0 aromatic heterocycles. The van der Waals surface area contributed by atoms with Gasteiger partial charge in [-0.3, -0.25) is 4.79 Å². The van der Waals surface area contributed by atoms with Gasteiger partial charge in [0.1, 0.15) is 0 Å². The lowest BCUT2D eigenvalue weighted by Gasteiger charge is -2.06. The van der Waals surface area contributed by atoms with E-state index in [1.165, 1.54) is 0 Å². The van der Waals surface area contributed by atoms with Crippen molar-refractivity contribution in [2.45, 2.75) is 37.5 Å². The number of sulfone groups is 1. The number of aliphatic carboxylic acids is 1. The number of carboxylic acid groups (broad SMARTS) is 1. The number of hydrogen-bond acceptors (Lipinski definition) is 3. The van der Waals surface area contributed by atoms with Crippen molar-refractivity contribution in [3.05, 3.63) is 29.8 Å². The highest BCUT2D eigenvalue weighted by Crippen LogP contribution is 2.42. The monoisotopic (exact) mass is 296 g/mol. The highest BCUT2D eigenvalue weighted by atomic mass is 32.2. The van der Waals surface area contributed by atoms with Gasteiger partial charge in [-0.05, 0) is 49.3 Å². The maximum absolute atomic E-state index is 12.0. The Morgan fingerprint density at radius 2 is 2.15 bits per heavy atom. The summed E-state index contributed by atoms with van der Waals surface area (Å²) in [5.41, 5.74) is 0.971. The molecule has 0 aliphatic heterocycles. The molecule has 0 radical (unpaired) electrons. The number of benzene rings is 1. The molecule has 1 aromatic rings. The average Bonchev–Trinajstić information content (AvgIpc) is 3.16. The van der Waals surface area contributed by atoms with Crippen LogP contribution in [0.25, 0.3) is 0 Å². The summed E-state index contributed by atoms with van der Waals surface area (Å²) in [7, 11) is -3.17. The molecule has 2 atom stereocenters. The molecule has 110 valence electrons. The largest absolute Gasteiger partial charge is 0.481 e. The lowest BCUT2D eigenvalue weighted by molar-refractivity contribution is -0.138. The fourth-order valence-corrected chi connectivity index (χ4v) is 3.89. The van der Waals surface area contributed by atoms with E-state index in [0.29, 0.717) is 11.3 Å². The molecule has 0 amide bonds. The van der Waals surface area contributed by atoms with Gasteiger partial charge in [0.25, 0.3) is 0 Å². The number of aryl methyl sites for hydroxylation is 1. The molecule has 1 fully saturated rings. The summed E-state index contributed by atoms with van der Waals surface area (Å²) in [5.74, 6) is -0.486. The lowest BCUT2D eigenvalue weighted by atomic mass is 10.1. The van der Waals surface area contributed by atoms with Crippen LogP contribution in [0.4, 0.5) is 0 Å². The van der Waals surface area contributed by atoms with Gasteiger partial charge in [0.05, 0.1) is 16.6 Å². The molecular formula is C15H20O4S. The molecule has 1 N–H and O–H groups in total. The predicted octanol–water partition coefficient (Wildman–Crippen LogP) is 2.52. The number of rotatable bonds is 7. The van der Waals surface area contributed by atoms with Crippen molar-refractivity contribution < 1.29 is 18.3 Å². The molecule has 2 unspecified atom stereocenters. The summed E-state index contributed by atoms with van der Waals surface area (Å²) in [6, 6.07) is 7.03. The van der Waals surface area contributed by atoms with Gasteiger partial charge in [0.2, 0.25) is 0 Å². The van der Waals surface area contributed by atoms with Gasteiger partial charge in [-0.1, -0.05) is 19.1 Å². The van der Waals surface area contributed by atoms with Gasteiger partial charge >= 0.3 is 5.97 Å². The van der Waals surface area contributed by atoms with Crippen LogP contribution in [0.15, 0.2) is 29.2 Å². The zero-order chi connectivity index (χ0) is 14.8. The molecule has 0 spiro atoms. The normalized spacial score (nSPS) is 21.6. The van der Waals surface area contributed by atoms with E-state index in [2.05, 4.69) is 0 Å². The molecule has 0 bridgehead atoms. The van der Waals surface area contributed by atoms with Gasteiger partial charge in [-0.25, -0.2) is 8.42 Å². The standard InChI is InChI=1S/C15H20O4S/c1-2-8-20(18,19)13-5-3-4-11(9-13)6-7-12-10-14(12)15(16)17/h3-5,9,12,14H,2,6-8,10H2,1H3,(H,16,17). The molecule has 1 saturated carbocycles. The zero-order valence-corrected chi connectivity index (χ0v) is 12.4. The summed E-state index contributed by atoms with van der Waals surface area (Å²) in [5, 5.41) is 8.85. The molecule has 4 nitrogen and oxygen atoms in total. The first-order valence-corrected chi connectivity index (χ1v) is 8.63. The maximum Gasteiger partial charge on any atom is 0.306 e. The highest BCUT2D eigenvalue weighted by molar-refractivity contribution is 7.91. The van der Waals surface area contributed by atoms with Crippen molar-refractivity contribution in [2.75, 3.05) is 5.75 Å². The van der Waals surface area contributed by atoms with Gasteiger partial charge in [-0.2, -0.15) is 0 Å². The van der Waals surface area contributed by atoms with Crippen LogP contribution in [0.2, 0.25) is 0 Å². The molecular weight excluding hydrogens is 276 g/mol. The van der Waals surface area contributed by atoms with E-state index in [-0.39, 0.29) is 17.6 Å². The molecule has 0 saturated heterocycles. The Morgan fingerprint density at radius 1 is 1.40 bits per heavy atom. The van der Waals surface area contributed by atoms with E-state index in [1.54, 1.807) is 18.2 Å². The minimum atomic E-state index is -3.17. The van der Waals surface area contributed by atoms with Crippen LogP contribution in [0.1, 0.15) is 31.7 Å². The van der Waals surface area contributed by atoms with E-state index in [9.17, 15) is 13.2 Å². The second kappa shape index (κ2) is 5.95. The van der Waals surface area contributed by atoms with Crippen molar-refractivity contribution in [3.8, 4) is 0 Å². The Hall–Kier alpha value is -1.36. The average molecular weight is 296 g/mol. The Morgan fingerprint density at radius 3 is 2.75 bits per heavy atom.